The molecule has 196 valence electrons. The minimum atomic E-state index is -0.549. The van der Waals surface area contributed by atoms with Crippen LogP contribution in [0.3, 0.4) is 0 Å². The third-order valence-electron chi connectivity index (χ3n) is 8.98. The summed E-state index contributed by atoms with van der Waals surface area (Å²) < 4.78 is 6.37. The molecule has 1 aliphatic heterocycles. The van der Waals surface area contributed by atoms with E-state index in [1.165, 1.54) is 67.2 Å². The predicted octanol–water partition coefficient (Wildman–Crippen LogP) is 7.66. The first-order valence-electron chi connectivity index (χ1n) is 13.6. The van der Waals surface area contributed by atoms with E-state index in [1.807, 2.05) is 29.2 Å². The molecule has 1 aromatic carbocycles. The molecule has 3 saturated carbocycles. The summed E-state index contributed by atoms with van der Waals surface area (Å²) in [6.45, 7) is 0. The number of carbonyl (C=O) groups excluding carboxylic acids is 1. The summed E-state index contributed by atoms with van der Waals surface area (Å²) in [5.41, 5.74) is 1.22. The van der Waals surface area contributed by atoms with E-state index in [0.717, 1.165) is 30.1 Å². The largest absolute Gasteiger partial charge is 0.506 e. The predicted molar refractivity (Wildman–Crippen MR) is 158 cm³/mol. The summed E-state index contributed by atoms with van der Waals surface area (Å²) in [4.78, 5) is 30.3. The highest BCUT2D eigenvalue weighted by atomic mass is 32.2. The maximum atomic E-state index is 13.3. The van der Waals surface area contributed by atoms with Crippen LogP contribution in [0.1, 0.15) is 74.1 Å². The lowest BCUT2D eigenvalue weighted by molar-refractivity contribution is -0.124. The molecule has 8 heteroatoms. The molecule has 5 nitrogen and oxygen atoms in total. The molecule has 7 rings (SSSR count). The van der Waals surface area contributed by atoms with Gasteiger partial charge in [0, 0.05) is 15.8 Å². The Morgan fingerprint density at radius 2 is 1.87 bits per heavy atom. The molecule has 4 fully saturated rings. The van der Waals surface area contributed by atoms with Crippen LogP contribution in [-0.2, 0) is 4.79 Å². The average molecular weight is 564 g/mol. The van der Waals surface area contributed by atoms with Crippen LogP contribution < -0.4 is 5.63 Å². The lowest BCUT2D eigenvalue weighted by Crippen LogP contribution is -2.41. The molecule has 2 aromatic heterocycles. The minimum Gasteiger partial charge on any atom is -0.506 e. The number of aromatic hydroxyl groups is 1. The molecule has 3 atom stereocenters. The van der Waals surface area contributed by atoms with Gasteiger partial charge in [0.15, 0.2) is 0 Å². The van der Waals surface area contributed by atoms with E-state index in [4.69, 9.17) is 16.6 Å². The summed E-state index contributed by atoms with van der Waals surface area (Å²) in [6.07, 6.45) is 12.6. The Hall–Kier alpha value is -2.42. The molecule has 1 N–H and O–H groups in total. The Morgan fingerprint density at radius 3 is 2.63 bits per heavy atom. The molecule has 38 heavy (non-hydrogen) atoms. The Kier molecular flexibility index (Phi) is 6.25. The van der Waals surface area contributed by atoms with Crippen LogP contribution in [0.15, 0.2) is 44.4 Å². The number of benzene rings is 1. The number of hydrogen-bond acceptors (Lipinski definition) is 7. The van der Waals surface area contributed by atoms with Gasteiger partial charge in [0.05, 0.1) is 10.3 Å². The zero-order chi connectivity index (χ0) is 26.0. The van der Waals surface area contributed by atoms with Crippen LogP contribution in [0, 0.1) is 11.8 Å². The van der Waals surface area contributed by atoms with Crippen molar-refractivity contribution in [2.45, 2.75) is 69.7 Å². The maximum Gasteiger partial charge on any atom is 0.348 e. The summed E-state index contributed by atoms with van der Waals surface area (Å²) >= 11 is 8.34. The van der Waals surface area contributed by atoms with Crippen molar-refractivity contribution in [3.05, 3.63) is 56.1 Å². The van der Waals surface area contributed by atoms with Gasteiger partial charge in [-0.05, 0) is 85.8 Å². The molecule has 3 aliphatic carbocycles. The number of thioether (sulfide) groups is 1. The number of rotatable bonds is 4. The van der Waals surface area contributed by atoms with Crippen LogP contribution in [-0.4, -0.2) is 26.3 Å². The molecular formula is C30H29NO4S3. The van der Waals surface area contributed by atoms with E-state index in [1.54, 1.807) is 6.07 Å². The van der Waals surface area contributed by atoms with Gasteiger partial charge in [0.1, 0.15) is 21.2 Å². The van der Waals surface area contributed by atoms with Gasteiger partial charge >= 0.3 is 5.63 Å². The fraction of sp³-hybridized carbons (Fsp3) is 0.433. The van der Waals surface area contributed by atoms with Gasteiger partial charge in [-0.2, -0.15) is 0 Å². The average Bonchev–Trinajstić information content (AvgIpc) is 3.70. The van der Waals surface area contributed by atoms with Crippen LogP contribution in [0.4, 0.5) is 0 Å². The molecule has 0 spiro atoms. The van der Waals surface area contributed by atoms with Crippen LogP contribution in [0.5, 0.6) is 5.75 Å². The van der Waals surface area contributed by atoms with E-state index in [2.05, 4.69) is 6.07 Å². The second-order valence-corrected chi connectivity index (χ2v) is 14.0. The van der Waals surface area contributed by atoms with Gasteiger partial charge < -0.3 is 9.52 Å². The van der Waals surface area contributed by atoms with E-state index in [0.29, 0.717) is 36.9 Å². The molecule has 3 heterocycles. The highest BCUT2D eigenvalue weighted by molar-refractivity contribution is 8.26. The number of carbonyl (C=O) groups is 1. The van der Waals surface area contributed by atoms with E-state index in [-0.39, 0.29) is 23.3 Å². The number of nitrogens with zero attached hydrogens (tertiary/aromatic N) is 1. The van der Waals surface area contributed by atoms with Gasteiger partial charge in [-0.1, -0.05) is 55.7 Å². The number of thiophene rings is 1. The summed E-state index contributed by atoms with van der Waals surface area (Å²) in [7, 11) is 0. The molecule has 3 unspecified atom stereocenters. The molecule has 1 saturated heterocycles. The van der Waals surface area contributed by atoms with Crippen molar-refractivity contribution in [1.82, 2.24) is 4.90 Å². The lowest BCUT2D eigenvalue weighted by Gasteiger charge is -2.30. The third kappa shape index (κ3) is 4.16. The maximum absolute atomic E-state index is 13.3. The normalized spacial score (nSPS) is 26.9. The van der Waals surface area contributed by atoms with E-state index >= 15 is 0 Å². The van der Waals surface area contributed by atoms with Crippen molar-refractivity contribution in [1.29, 1.82) is 0 Å². The van der Waals surface area contributed by atoms with Gasteiger partial charge in [0.25, 0.3) is 5.91 Å². The zero-order valence-electron chi connectivity index (χ0n) is 21.0. The Balaban J connectivity index is 1.16. The number of hydrogen-bond donors (Lipinski definition) is 1. The highest BCUT2D eigenvalue weighted by Gasteiger charge is 2.48. The first kappa shape index (κ1) is 24.6. The van der Waals surface area contributed by atoms with E-state index < -0.39 is 5.63 Å². The fourth-order valence-electron chi connectivity index (χ4n) is 7.10. The topological polar surface area (TPSA) is 70.7 Å². The SMILES string of the molecule is O=C1C(=Cc2ccc(-c3c(O)c4ccc(C5CCCCC5)cc4oc3=O)s2)SC(=S)N1C1CC2CCC1C2. The smallest absolute Gasteiger partial charge is 0.348 e. The zero-order valence-corrected chi connectivity index (χ0v) is 23.4. The van der Waals surface area contributed by atoms with Crippen molar-refractivity contribution >= 4 is 62.6 Å². The standard InChI is InChI=1S/C30H29NO4S3/c32-27-21-10-8-18(17-4-2-1-3-5-17)14-23(21)35-29(34)26(27)24-11-9-20(37-24)15-25-28(33)31(30(36)38-25)22-13-16-6-7-19(22)12-16/h8-11,14-17,19,22,32H,1-7,12-13H2. The molecule has 2 bridgehead atoms. The number of amides is 1. The Bertz CT molecular complexity index is 1550. The highest BCUT2D eigenvalue weighted by Crippen LogP contribution is 2.50. The van der Waals surface area contributed by atoms with Crippen LogP contribution >= 0.6 is 35.3 Å². The fourth-order valence-corrected chi connectivity index (χ4v) is 9.52. The summed E-state index contributed by atoms with van der Waals surface area (Å²) in [5.74, 6) is 1.73. The second-order valence-electron chi connectivity index (χ2n) is 11.2. The van der Waals surface area contributed by atoms with Crippen molar-refractivity contribution in [3.8, 4) is 16.2 Å². The number of thiocarbonyl (C=S) groups is 1. The monoisotopic (exact) mass is 563 g/mol. The lowest BCUT2D eigenvalue weighted by atomic mass is 9.84. The quantitative estimate of drug-likeness (QED) is 0.200. The molecule has 1 amide bonds. The first-order valence-corrected chi connectivity index (χ1v) is 15.7. The van der Waals surface area contributed by atoms with Gasteiger partial charge in [-0.25, -0.2) is 4.79 Å². The first-order chi connectivity index (χ1) is 18.5. The van der Waals surface area contributed by atoms with Gasteiger partial charge in [-0.15, -0.1) is 11.3 Å². The van der Waals surface area contributed by atoms with Gasteiger partial charge in [-0.3, -0.25) is 9.69 Å². The Labute approximate surface area is 234 Å². The number of fused-ring (bicyclic) bond motifs is 3. The van der Waals surface area contributed by atoms with Crippen molar-refractivity contribution in [2.24, 2.45) is 11.8 Å². The van der Waals surface area contributed by atoms with Crippen molar-refractivity contribution < 1.29 is 14.3 Å². The third-order valence-corrected chi connectivity index (χ3v) is 11.4. The van der Waals surface area contributed by atoms with E-state index in [9.17, 15) is 14.7 Å². The molecule has 4 aliphatic rings. The van der Waals surface area contributed by atoms with Gasteiger partial charge in [0.2, 0.25) is 0 Å². The summed E-state index contributed by atoms with van der Waals surface area (Å²) in [5, 5.41) is 11.7. The van der Waals surface area contributed by atoms with Crippen molar-refractivity contribution in [2.75, 3.05) is 0 Å². The second kappa shape index (κ2) is 9.65. The summed E-state index contributed by atoms with van der Waals surface area (Å²) in [6, 6.07) is 9.77. The minimum absolute atomic E-state index is 0.00524. The van der Waals surface area contributed by atoms with Crippen LogP contribution in [0.2, 0.25) is 0 Å². The van der Waals surface area contributed by atoms with Crippen LogP contribution in [0.25, 0.3) is 27.5 Å². The Morgan fingerprint density at radius 1 is 1.03 bits per heavy atom. The molecule has 3 aromatic rings. The molecular weight excluding hydrogens is 535 g/mol. The molecule has 0 radical (unpaired) electrons. The van der Waals surface area contributed by atoms with Crippen molar-refractivity contribution in [3.63, 3.8) is 0 Å².